The van der Waals surface area contributed by atoms with Crippen molar-refractivity contribution < 1.29 is 48.4 Å². The van der Waals surface area contributed by atoms with Crippen molar-refractivity contribution in [3.8, 4) is 0 Å². The van der Waals surface area contributed by atoms with Gasteiger partial charge in [0.25, 0.3) is 0 Å². The van der Waals surface area contributed by atoms with Gasteiger partial charge in [-0.25, -0.2) is 14.4 Å². The lowest BCUT2D eigenvalue weighted by Gasteiger charge is -2.34. The first-order valence-corrected chi connectivity index (χ1v) is 9.89. The van der Waals surface area contributed by atoms with Gasteiger partial charge in [0.15, 0.2) is 18.0 Å². The van der Waals surface area contributed by atoms with Crippen LogP contribution in [0.5, 0.6) is 0 Å². The molecule has 0 amide bonds. The minimum absolute atomic E-state index is 0.137. The Kier molecular flexibility index (Phi) is 7.40. The Labute approximate surface area is 184 Å². The molecule has 10 heteroatoms. The topological polar surface area (TPSA) is 154 Å². The van der Waals surface area contributed by atoms with Crippen LogP contribution >= 0.6 is 0 Å². The maximum absolute atomic E-state index is 12.7. The van der Waals surface area contributed by atoms with Crippen LogP contribution in [0.4, 0.5) is 0 Å². The van der Waals surface area contributed by atoms with Gasteiger partial charge in [-0.2, -0.15) is 0 Å². The van der Waals surface area contributed by atoms with Crippen molar-refractivity contribution in [3.63, 3.8) is 0 Å². The number of fused-ring (bicyclic) bond motifs is 1. The summed E-state index contributed by atoms with van der Waals surface area (Å²) in [4.78, 5) is 60.6. The molecule has 1 aliphatic carbocycles. The standard InChI is InChI=1S/C22H26O10/c1-10-7-6-8-14(19(25)26)17(30-13(4)24)18(32-21(28)22(5,29)12(3)23)16-11(2)20(27)31-15(16)9-10/h8-9,15-18,29H,2,6-7H2,1,3-5H3,(H,25,26)/b10-9+,14-8+/t15-,16+,17+,18+,22+/m1/s1. The first kappa shape index (κ1) is 25.0. The Bertz CT molecular complexity index is 923. The van der Waals surface area contributed by atoms with Gasteiger partial charge in [0, 0.05) is 12.5 Å². The van der Waals surface area contributed by atoms with E-state index in [1.807, 2.05) is 0 Å². The zero-order chi connectivity index (χ0) is 24.4. The van der Waals surface area contributed by atoms with Gasteiger partial charge in [-0.15, -0.1) is 0 Å². The fourth-order valence-corrected chi connectivity index (χ4v) is 3.47. The van der Waals surface area contributed by atoms with E-state index in [-0.39, 0.29) is 17.6 Å². The lowest BCUT2D eigenvalue weighted by Crippen LogP contribution is -2.51. The molecule has 0 radical (unpaired) electrons. The molecule has 1 aliphatic heterocycles. The van der Waals surface area contributed by atoms with Crippen LogP contribution < -0.4 is 0 Å². The number of carbonyl (C=O) groups excluding carboxylic acids is 4. The van der Waals surface area contributed by atoms with E-state index in [9.17, 15) is 34.2 Å². The normalized spacial score (nSPS) is 30.9. The first-order chi connectivity index (χ1) is 14.8. The molecule has 2 N–H and O–H groups in total. The fraction of sp³-hybridized carbons (Fsp3) is 0.500. The maximum atomic E-state index is 12.7. The van der Waals surface area contributed by atoms with Gasteiger partial charge in [-0.3, -0.25) is 9.59 Å². The lowest BCUT2D eigenvalue weighted by molar-refractivity contribution is -0.185. The van der Waals surface area contributed by atoms with Gasteiger partial charge in [0.05, 0.1) is 11.5 Å². The van der Waals surface area contributed by atoms with E-state index in [4.69, 9.17) is 14.2 Å². The molecule has 2 rings (SSSR count). The zero-order valence-corrected chi connectivity index (χ0v) is 18.2. The molecule has 0 aromatic carbocycles. The highest BCUT2D eigenvalue weighted by Crippen LogP contribution is 2.38. The van der Waals surface area contributed by atoms with E-state index < -0.39 is 59.5 Å². The molecular formula is C22H26O10. The summed E-state index contributed by atoms with van der Waals surface area (Å²) in [7, 11) is 0. The monoisotopic (exact) mass is 450 g/mol. The minimum Gasteiger partial charge on any atom is -0.478 e. The molecule has 0 aromatic heterocycles. The fourth-order valence-electron chi connectivity index (χ4n) is 3.47. The Morgan fingerprint density at radius 1 is 1.22 bits per heavy atom. The average molecular weight is 450 g/mol. The largest absolute Gasteiger partial charge is 0.478 e. The maximum Gasteiger partial charge on any atom is 0.346 e. The number of carbonyl (C=O) groups is 5. The van der Waals surface area contributed by atoms with Crippen LogP contribution in [0, 0.1) is 5.92 Å². The number of ether oxygens (including phenoxy) is 3. The van der Waals surface area contributed by atoms with E-state index in [0.717, 1.165) is 26.3 Å². The number of carboxylic acid groups (broad SMARTS) is 1. The highest BCUT2D eigenvalue weighted by molar-refractivity contribution is 6.05. The molecule has 5 atom stereocenters. The van der Waals surface area contributed by atoms with Crippen molar-refractivity contribution in [2.75, 3.05) is 0 Å². The second kappa shape index (κ2) is 9.47. The molecule has 0 bridgehead atoms. The molecule has 0 aromatic rings. The average Bonchev–Trinajstić information content (AvgIpc) is 2.94. The molecule has 1 heterocycles. The summed E-state index contributed by atoms with van der Waals surface area (Å²) in [6.45, 7) is 8.36. The summed E-state index contributed by atoms with van der Waals surface area (Å²) in [5.74, 6) is -6.59. The second-order valence-corrected chi connectivity index (χ2v) is 7.97. The number of allylic oxidation sites excluding steroid dienone is 2. The van der Waals surface area contributed by atoms with E-state index in [2.05, 4.69) is 6.58 Å². The van der Waals surface area contributed by atoms with Gasteiger partial charge < -0.3 is 24.4 Å². The van der Waals surface area contributed by atoms with Crippen molar-refractivity contribution in [1.82, 2.24) is 0 Å². The highest BCUT2D eigenvalue weighted by Gasteiger charge is 2.52. The number of ketones is 1. The predicted octanol–water partition coefficient (Wildman–Crippen LogP) is 1.02. The molecule has 0 spiro atoms. The third kappa shape index (κ3) is 5.13. The molecule has 0 saturated carbocycles. The van der Waals surface area contributed by atoms with Crippen LogP contribution in [0.25, 0.3) is 0 Å². The summed E-state index contributed by atoms with van der Waals surface area (Å²) in [5, 5.41) is 20.1. The molecule has 32 heavy (non-hydrogen) atoms. The van der Waals surface area contributed by atoms with E-state index >= 15 is 0 Å². The predicted molar refractivity (Wildman–Crippen MR) is 108 cm³/mol. The van der Waals surface area contributed by atoms with Crippen LogP contribution in [0.2, 0.25) is 0 Å². The summed E-state index contributed by atoms with van der Waals surface area (Å²) in [5.41, 5.74) is -2.31. The Morgan fingerprint density at radius 3 is 2.38 bits per heavy atom. The number of carboxylic acids is 1. The second-order valence-electron chi connectivity index (χ2n) is 7.97. The van der Waals surface area contributed by atoms with Crippen molar-refractivity contribution in [3.05, 3.63) is 35.5 Å². The quantitative estimate of drug-likeness (QED) is 0.204. The van der Waals surface area contributed by atoms with Crippen molar-refractivity contribution in [2.24, 2.45) is 5.92 Å². The van der Waals surface area contributed by atoms with Gasteiger partial charge >= 0.3 is 23.9 Å². The number of hydrogen-bond acceptors (Lipinski definition) is 9. The van der Waals surface area contributed by atoms with Gasteiger partial charge in [-0.05, 0) is 39.7 Å². The van der Waals surface area contributed by atoms with Crippen molar-refractivity contribution in [2.45, 2.75) is 64.4 Å². The number of Topliss-reactive ketones (excluding diaryl/α,β-unsaturated/α-hetero) is 1. The van der Waals surface area contributed by atoms with E-state index in [0.29, 0.717) is 6.42 Å². The molecule has 1 saturated heterocycles. The summed E-state index contributed by atoms with van der Waals surface area (Å²) < 4.78 is 16.0. The first-order valence-electron chi connectivity index (χ1n) is 9.89. The lowest BCUT2D eigenvalue weighted by atomic mass is 9.83. The van der Waals surface area contributed by atoms with Gasteiger partial charge in [0.1, 0.15) is 6.10 Å². The minimum atomic E-state index is -2.56. The van der Waals surface area contributed by atoms with Crippen LogP contribution in [-0.2, 0) is 38.2 Å². The number of aliphatic hydroxyl groups is 1. The van der Waals surface area contributed by atoms with Crippen molar-refractivity contribution >= 4 is 29.7 Å². The van der Waals surface area contributed by atoms with Crippen LogP contribution in [0.15, 0.2) is 35.5 Å². The third-order valence-corrected chi connectivity index (χ3v) is 5.44. The van der Waals surface area contributed by atoms with Gasteiger partial charge in [0.2, 0.25) is 5.60 Å². The molecule has 2 aliphatic rings. The van der Waals surface area contributed by atoms with Crippen LogP contribution in [0.1, 0.15) is 40.5 Å². The SMILES string of the molecule is C=C1C(=O)O[C@@H]2/C=C(\C)CC/C=C(/C(=O)O)[C@H](OC(C)=O)[C@@H](OC(=O)[C@@](C)(O)C(C)=O)[C@@H]12. The molecule has 174 valence electrons. The summed E-state index contributed by atoms with van der Waals surface area (Å²) >= 11 is 0. The van der Waals surface area contributed by atoms with Crippen LogP contribution in [0.3, 0.4) is 0 Å². The van der Waals surface area contributed by atoms with E-state index in [1.165, 1.54) is 6.08 Å². The smallest absolute Gasteiger partial charge is 0.346 e. The Morgan fingerprint density at radius 2 is 1.84 bits per heavy atom. The van der Waals surface area contributed by atoms with E-state index in [1.54, 1.807) is 13.0 Å². The highest BCUT2D eigenvalue weighted by atomic mass is 16.6. The van der Waals surface area contributed by atoms with Crippen LogP contribution in [-0.4, -0.2) is 63.8 Å². The van der Waals surface area contributed by atoms with Crippen molar-refractivity contribution in [1.29, 1.82) is 0 Å². The number of aliphatic carboxylic acids is 1. The molecule has 0 unspecified atom stereocenters. The number of hydrogen-bond donors (Lipinski definition) is 2. The molecule has 10 nitrogen and oxygen atoms in total. The summed E-state index contributed by atoms with van der Waals surface area (Å²) in [6, 6.07) is 0. The molecular weight excluding hydrogens is 424 g/mol. The summed E-state index contributed by atoms with van der Waals surface area (Å²) in [6.07, 6.45) is -0.665. The molecule has 1 fully saturated rings. The Balaban J connectivity index is 2.71. The Hall–Kier alpha value is -3.27. The third-order valence-electron chi connectivity index (χ3n) is 5.44. The number of esters is 3. The number of rotatable bonds is 5. The zero-order valence-electron chi connectivity index (χ0n) is 18.2. The van der Waals surface area contributed by atoms with Gasteiger partial charge in [-0.1, -0.05) is 18.2 Å².